The van der Waals surface area contributed by atoms with Crippen LogP contribution < -0.4 is 9.62 Å². The molecule has 0 amide bonds. The summed E-state index contributed by atoms with van der Waals surface area (Å²) < 4.78 is 26.4. The fourth-order valence-electron chi connectivity index (χ4n) is 2.41. The van der Waals surface area contributed by atoms with Crippen LogP contribution in [-0.2, 0) is 10.0 Å². The van der Waals surface area contributed by atoms with Gasteiger partial charge in [0.2, 0.25) is 10.0 Å². The third kappa shape index (κ3) is 2.91. The molecule has 2 rings (SSSR count). The predicted octanol–water partition coefficient (Wildman–Crippen LogP) is 0.802. The summed E-state index contributed by atoms with van der Waals surface area (Å²) in [6, 6.07) is 6.97. The summed E-state index contributed by atoms with van der Waals surface area (Å²) in [6.45, 7) is 3.31. The van der Waals surface area contributed by atoms with Crippen molar-refractivity contribution in [3.63, 3.8) is 0 Å². The molecule has 0 saturated carbocycles. The third-order valence-electron chi connectivity index (χ3n) is 3.62. The molecule has 5 nitrogen and oxygen atoms in total. The van der Waals surface area contributed by atoms with E-state index in [9.17, 15) is 13.5 Å². The van der Waals surface area contributed by atoms with Crippen LogP contribution in [0.2, 0.25) is 0 Å². The average Bonchev–Trinajstić information content (AvgIpc) is 2.42. The highest BCUT2D eigenvalue weighted by Gasteiger charge is 2.27. The zero-order chi connectivity index (χ0) is 14.0. The molecule has 1 aliphatic rings. The van der Waals surface area contributed by atoms with Gasteiger partial charge in [0.25, 0.3) is 0 Å². The first-order valence-corrected chi connectivity index (χ1v) is 7.89. The van der Waals surface area contributed by atoms with E-state index in [4.69, 9.17) is 0 Å². The van der Waals surface area contributed by atoms with Crippen LogP contribution in [0.3, 0.4) is 0 Å². The van der Waals surface area contributed by atoms with Gasteiger partial charge < -0.3 is 10.0 Å². The zero-order valence-corrected chi connectivity index (χ0v) is 12.0. The van der Waals surface area contributed by atoms with Gasteiger partial charge in [-0.15, -0.1) is 0 Å². The van der Waals surface area contributed by atoms with Crippen molar-refractivity contribution in [2.24, 2.45) is 5.92 Å². The lowest BCUT2D eigenvalue weighted by molar-refractivity contribution is 0.0969. The van der Waals surface area contributed by atoms with Crippen molar-refractivity contribution in [2.75, 3.05) is 25.0 Å². The lowest BCUT2D eigenvalue weighted by Gasteiger charge is -2.36. The first-order chi connectivity index (χ1) is 8.95. The van der Waals surface area contributed by atoms with Crippen molar-refractivity contribution in [3.8, 4) is 0 Å². The smallest absolute Gasteiger partial charge is 0.242 e. The van der Waals surface area contributed by atoms with Crippen LogP contribution in [0.4, 0.5) is 5.69 Å². The van der Waals surface area contributed by atoms with E-state index in [2.05, 4.69) is 4.72 Å². The fraction of sp³-hybridized carbons (Fsp3) is 0.538. The lowest BCUT2D eigenvalue weighted by atomic mass is 9.96. The molecule has 1 aromatic carbocycles. The van der Waals surface area contributed by atoms with E-state index < -0.39 is 10.0 Å². The normalized spacial score (nSPS) is 24.5. The van der Waals surface area contributed by atoms with Crippen molar-refractivity contribution in [1.29, 1.82) is 0 Å². The Morgan fingerprint density at radius 3 is 2.68 bits per heavy atom. The van der Waals surface area contributed by atoms with E-state index in [1.807, 2.05) is 24.0 Å². The number of rotatable bonds is 3. The minimum absolute atomic E-state index is 0.138. The minimum atomic E-state index is -3.46. The number of benzene rings is 1. The molecule has 1 aliphatic heterocycles. The van der Waals surface area contributed by atoms with Gasteiger partial charge in [0, 0.05) is 13.1 Å². The van der Waals surface area contributed by atoms with Gasteiger partial charge in [0.15, 0.2) is 0 Å². The number of piperidine rings is 1. The Bertz CT molecular complexity index is 545. The zero-order valence-electron chi connectivity index (χ0n) is 11.2. The Kier molecular flexibility index (Phi) is 4.13. The topological polar surface area (TPSA) is 69.6 Å². The number of anilines is 1. The van der Waals surface area contributed by atoms with Gasteiger partial charge in [-0.05, 0) is 31.5 Å². The molecule has 0 radical (unpaired) electrons. The summed E-state index contributed by atoms with van der Waals surface area (Å²) in [4.78, 5) is 2.32. The second-order valence-electron chi connectivity index (χ2n) is 4.95. The van der Waals surface area contributed by atoms with Crippen LogP contribution >= 0.6 is 0 Å². The molecule has 0 spiro atoms. The number of para-hydroxylation sites is 1. The van der Waals surface area contributed by atoms with Crippen molar-refractivity contribution in [3.05, 3.63) is 24.3 Å². The lowest BCUT2D eigenvalue weighted by Crippen LogP contribution is -2.42. The molecule has 1 fully saturated rings. The number of sulfonamides is 1. The molecule has 0 aliphatic carbocycles. The molecule has 106 valence electrons. The predicted molar refractivity (Wildman–Crippen MR) is 74.7 cm³/mol. The van der Waals surface area contributed by atoms with Crippen LogP contribution in [0.5, 0.6) is 0 Å². The molecule has 6 heteroatoms. The fourth-order valence-corrected chi connectivity index (χ4v) is 3.36. The number of nitrogens with one attached hydrogen (secondary N) is 1. The molecule has 0 aromatic heterocycles. The third-order valence-corrected chi connectivity index (χ3v) is 5.09. The summed E-state index contributed by atoms with van der Waals surface area (Å²) in [5.41, 5.74) is 0.704. The number of aliphatic hydroxyl groups is 1. The largest absolute Gasteiger partial charge is 0.393 e. The molecule has 2 atom stereocenters. The maximum atomic E-state index is 12.0. The van der Waals surface area contributed by atoms with E-state index in [0.717, 1.165) is 0 Å². The van der Waals surface area contributed by atoms with Gasteiger partial charge in [0.05, 0.1) is 11.8 Å². The molecular weight excluding hydrogens is 264 g/mol. The van der Waals surface area contributed by atoms with E-state index in [-0.39, 0.29) is 12.0 Å². The maximum Gasteiger partial charge on any atom is 0.242 e. The average molecular weight is 284 g/mol. The van der Waals surface area contributed by atoms with Gasteiger partial charge in [0.1, 0.15) is 4.90 Å². The van der Waals surface area contributed by atoms with Crippen molar-refractivity contribution < 1.29 is 13.5 Å². The molecular formula is C13H20N2O3S. The first-order valence-electron chi connectivity index (χ1n) is 6.41. The highest BCUT2D eigenvalue weighted by molar-refractivity contribution is 7.89. The summed E-state index contributed by atoms with van der Waals surface area (Å²) in [6.07, 6.45) is 0.360. The van der Waals surface area contributed by atoms with Gasteiger partial charge in [-0.1, -0.05) is 19.1 Å². The van der Waals surface area contributed by atoms with Crippen LogP contribution in [0.15, 0.2) is 29.2 Å². The van der Waals surface area contributed by atoms with Gasteiger partial charge >= 0.3 is 0 Å². The Morgan fingerprint density at radius 2 is 2.05 bits per heavy atom. The van der Waals surface area contributed by atoms with Gasteiger partial charge in [-0.2, -0.15) is 0 Å². The first kappa shape index (κ1) is 14.3. The Hall–Kier alpha value is -1.11. The Balaban J connectivity index is 2.36. The number of nitrogens with zero attached hydrogens (tertiary/aromatic N) is 1. The number of aliphatic hydroxyl groups excluding tert-OH is 1. The molecule has 1 saturated heterocycles. The van der Waals surface area contributed by atoms with Crippen LogP contribution in [0.1, 0.15) is 13.3 Å². The van der Waals surface area contributed by atoms with Crippen LogP contribution in [0, 0.1) is 5.92 Å². The molecule has 19 heavy (non-hydrogen) atoms. The van der Waals surface area contributed by atoms with E-state index >= 15 is 0 Å². The van der Waals surface area contributed by atoms with Crippen molar-refractivity contribution >= 4 is 15.7 Å². The van der Waals surface area contributed by atoms with Crippen LogP contribution in [-0.4, -0.2) is 39.8 Å². The van der Waals surface area contributed by atoms with E-state index in [1.165, 1.54) is 7.05 Å². The van der Waals surface area contributed by atoms with Crippen molar-refractivity contribution in [2.45, 2.75) is 24.3 Å². The summed E-state index contributed by atoms with van der Waals surface area (Å²) in [7, 11) is -2.05. The van der Waals surface area contributed by atoms with E-state index in [0.29, 0.717) is 30.1 Å². The quantitative estimate of drug-likeness (QED) is 0.861. The second-order valence-corrected chi connectivity index (χ2v) is 6.81. The number of hydrogen-bond acceptors (Lipinski definition) is 4. The highest BCUT2D eigenvalue weighted by Crippen LogP contribution is 2.29. The minimum Gasteiger partial charge on any atom is -0.393 e. The van der Waals surface area contributed by atoms with Crippen LogP contribution in [0.25, 0.3) is 0 Å². The van der Waals surface area contributed by atoms with E-state index in [1.54, 1.807) is 12.1 Å². The number of hydrogen-bond donors (Lipinski definition) is 2. The van der Waals surface area contributed by atoms with Crippen molar-refractivity contribution in [1.82, 2.24) is 4.72 Å². The highest BCUT2D eigenvalue weighted by atomic mass is 32.2. The monoisotopic (exact) mass is 284 g/mol. The SMILES string of the molecule is CNS(=O)(=O)c1ccccc1N1CCC(O)C(C)C1. The molecule has 2 unspecified atom stereocenters. The second kappa shape index (κ2) is 5.48. The maximum absolute atomic E-state index is 12.0. The van der Waals surface area contributed by atoms with Gasteiger partial charge in [-0.25, -0.2) is 13.1 Å². The Morgan fingerprint density at radius 1 is 1.37 bits per heavy atom. The molecule has 1 heterocycles. The Labute approximate surface area is 114 Å². The summed E-state index contributed by atoms with van der Waals surface area (Å²) in [5.74, 6) is 0.138. The molecule has 0 bridgehead atoms. The molecule has 2 N–H and O–H groups in total. The standard InChI is InChI=1S/C13H20N2O3S/c1-10-9-15(8-7-12(10)16)11-5-3-4-6-13(11)19(17,18)14-2/h3-6,10,12,14,16H,7-9H2,1-2H3. The summed E-state index contributed by atoms with van der Waals surface area (Å²) in [5, 5.41) is 9.76. The van der Waals surface area contributed by atoms with Gasteiger partial charge in [-0.3, -0.25) is 0 Å². The summed E-state index contributed by atoms with van der Waals surface area (Å²) >= 11 is 0. The molecule has 1 aromatic rings.